The molecule has 4 aromatic heterocycles. The van der Waals surface area contributed by atoms with Gasteiger partial charge in [-0.05, 0) is 24.3 Å². The van der Waals surface area contributed by atoms with Crippen LogP contribution in [0.2, 0.25) is 0 Å². The summed E-state index contributed by atoms with van der Waals surface area (Å²) >= 11 is 1.55. The zero-order valence-electron chi connectivity index (χ0n) is 13.6. The molecule has 0 saturated carbocycles. The van der Waals surface area contributed by atoms with E-state index in [0.29, 0.717) is 13.2 Å². The standard InChI is InChI=1S/C18H16N4O2S/c1-22-7-12-4-11(6-19-17(12)21-22)14-3-2-10-5-15(25-18(10)20-14)16(23)13-8-24-9-13/h2-7,13,16,23H,8-9H2,1H3/t16-/m1/s1. The van der Waals surface area contributed by atoms with Crippen molar-refractivity contribution in [3.8, 4) is 11.3 Å². The van der Waals surface area contributed by atoms with Crippen molar-refractivity contribution >= 4 is 32.6 Å². The summed E-state index contributed by atoms with van der Waals surface area (Å²) in [6.07, 6.45) is 3.29. The summed E-state index contributed by atoms with van der Waals surface area (Å²) in [5.74, 6) is 0.199. The maximum Gasteiger partial charge on any atom is 0.181 e. The normalized spacial score (nSPS) is 16.4. The Morgan fingerprint density at radius 3 is 2.96 bits per heavy atom. The summed E-state index contributed by atoms with van der Waals surface area (Å²) in [6.45, 7) is 1.26. The van der Waals surface area contributed by atoms with Gasteiger partial charge in [-0.1, -0.05) is 0 Å². The predicted molar refractivity (Wildman–Crippen MR) is 96.4 cm³/mol. The SMILES string of the molecule is Cn1cc2cc(-c3ccc4cc([C@H](O)C5COC5)sc4n3)cnc2n1. The Morgan fingerprint density at radius 2 is 2.16 bits per heavy atom. The summed E-state index contributed by atoms with van der Waals surface area (Å²) in [5, 5.41) is 16.8. The number of nitrogens with zero attached hydrogens (tertiary/aromatic N) is 4. The van der Waals surface area contributed by atoms with Crippen LogP contribution in [0.5, 0.6) is 0 Å². The minimum atomic E-state index is -0.468. The van der Waals surface area contributed by atoms with Gasteiger partial charge in [-0.3, -0.25) is 4.68 Å². The molecule has 126 valence electrons. The molecule has 0 aliphatic carbocycles. The molecule has 1 fully saturated rings. The lowest BCUT2D eigenvalue weighted by Crippen LogP contribution is -2.32. The molecular weight excluding hydrogens is 336 g/mol. The first-order chi connectivity index (χ1) is 12.2. The molecule has 0 unspecified atom stereocenters. The van der Waals surface area contributed by atoms with E-state index in [9.17, 15) is 5.11 Å². The molecular formula is C18H16N4O2S. The van der Waals surface area contributed by atoms with Crippen molar-refractivity contribution in [1.82, 2.24) is 19.7 Å². The second-order valence-corrected chi connectivity index (χ2v) is 7.48. The highest BCUT2D eigenvalue weighted by Crippen LogP contribution is 2.36. The number of aromatic nitrogens is 4. The van der Waals surface area contributed by atoms with E-state index in [2.05, 4.69) is 22.2 Å². The van der Waals surface area contributed by atoms with Gasteiger partial charge in [-0.15, -0.1) is 11.3 Å². The van der Waals surface area contributed by atoms with Crippen molar-refractivity contribution in [3.05, 3.63) is 41.5 Å². The third-order valence-corrected chi connectivity index (χ3v) is 5.69. The van der Waals surface area contributed by atoms with Crippen LogP contribution >= 0.6 is 11.3 Å². The molecule has 0 spiro atoms. The van der Waals surface area contributed by atoms with Crippen molar-refractivity contribution in [2.24, 2.45) is 13.0 Å². The van der Waals surface area contributed by atoms with Crippen molar-refractivity contribution in [3.63, 3.8) is 0 Å². The van der Waals surface area contributed by atoms with Gasteiger partial charge in [0.15, 0.2) is 5.65 Å². The maximum atomic E-state index is 10.4. The van der Waals surface area contributed by atoms with Gasteiger partial charge in [0.25, 0.3) is 0 Å². The number of aliphatic hydroxyl groups is 1. The molecule has 5 heterocycles. The Kier molecular flexibility index (Phi) is 3.34. The third-order valence-electron chi connectivity index (χ3n) is 4.57. The Bertz CT molecular complexity index is 1080. The van der Waals surface area contributed by atoms with Gasteiger partial charge in [0, 0.05) is 46.6 Å². The second-order valence-electron chi connectivity index (χ2n) is 6.42. The Hall–Kier alpha value is -2.35. The molecule has 1 aliphatic rings. The van der Waals surface area contributed by atoms with Crippen LogP contribution in [-0.2, 0) is 11.8 Å². The Balaban J connectivity index is 1.54. The summed E-state index contributed by atoms with van der Waals surface area (Å²) < 4.78 is 6.94. The summed E-state index contributed by atoms with van der Waals surface area (Å²) in [4.78, 5) is 11.1. The van der Waals surface area contributed by atoms with E-state index in [1.807, 2.05) is 25.4 Å². The number of hydrogen-bond donors (Lipinski definition) is 1. The highest BCUT2D eigenvalue weighted by Gasteiger charge is 2.29. The van der Waals surface area contributed by atoms with Gasteiger partial charge in [0.2, 0.25) is 0 Å². The number of aryl methyl sites for hydroxylation is 1. The smallest absolute Gasteiger partial charge is 0.181 e. The van der Waals surface area contributed by atoms with Crippen LogP contribution in [0.15, 0.2) is 36.7 Å². The van der Waals surface area contributed by atoms with Crippen LogP contribution in [0, 0.1) is 5.92 Å². The minimum absolute atomic E-state index is 0.199. The van der Waals surface area contributed by atoms with Gasteiger partial charge >= 0.3 is 0 Å². The second kappa shape index (κ2) is 5.59. The number of aliphatic hydroxyl groups excluding tert-OH is 1. The van der Waals surface area contributed by atoms with E-state index in [0.717, 1.165) is 37.4 Å². The molecule has 5 rings (SSSR count). The van der Waals surface area contributed by atoms with E-state index >= 15 is 0 Å². The van der Waals surface area contributed by atoms with E-state index in [4.69, 9.17) is 9.72 Å². The van der Waals surface area contributed by atoms with Crippen LogP contribution in [0.1, 0.15) is 11.0 Å². The summed E-state index contributed by atoms with van der Waals surface area (Å²) in [5.41, 5.74) is 2.57. The number of thiophene rings is 1. The highest BCUT2D eigenvalue weighted by atomic mass is 32.1. The fourth-order valence-electron chi connectivity index (χ4n) is 3.08. The van der Waals surface area contributed by atoms with E-state index < -0.39 is 6.10 Å². The summed E-state index contributed by atoms with van der Waals surface area (Å²) in [7, 11) is 1.89. The molecule has 1 N–H and O–H groups in total. The van der Waals surface area contributed by atoms with Gasteiger partial charge < -0.3 is 9.84 Å². The minimum Gasteiger partial charge on any atom is -0.387 e. The molecule has 0 radical (unpaired) electrons. The molecule has 25 heavy (non-hydrogen) atoms. The van der Waals surface area contributed by atoms with E-state index in [1.54, 1.807) is 22.2 Å². The van der Waals surface area contributed by atoms with Crippen molar-refractivity contribution < 1.29 is 9.84 Å². The van der Waals surface area contributed by atoms with Gasteiger partial charge in [-0.25, -0.2) is 9.97 Å². The van der Waals surface area contributed by atoms with Crippen LogP contribution in [0.4, 0.5) is 0 Å². The lowest BCUT2D eigenvalue weighted by atomic mass is 9.99. The molecule has 4 aromatic rings. The number of fused-ring (bicyclic) bond motifs is 2. The predicted octanol–water partition coefficient (Wildman–Crippen LogP) is 2.92. The zero-order chi connectivity index (χ0) is 17.0. The number of rotatable bonds is 3. The molecule has 6 nitrogen and oxygen atoms in total. The van der Waals surface area contributed by atoms with Crippen LogP contribution in [-0.4, -0.2) is 38.1 Å². The maximum absolute atomic E-state index is 10.4. The highest BCUT2D eigenvalue weighted by molar-refractivity contribution is 7.18. The largest absolute Gasteiger partial charge is 0.387 e. The number of ether oxygens (including phenoxy) is 1. The fraction of sp³-hybridized carbons (Fsp3) is 0.278. The average molecular weight is 352 g/mol. The van der Waals surface area contributed by atoms with Gasteiger partial charge in [-0.2, -0.15) is 5.10 Å². The Morgan fingerprint density at radius 1 is 1.28 bits per heavy atom. The monoisotopic (exact) mass is 352 g/mol. The average Bonchev–Trinajstić information content (AvgIpc) is 3.13. The Labute approximate surface area is 147 Å². The topological polar surface area (TPSA) is 73.1 Å². The zero-order valence-corrected chi connectivity index (χ0v) is 14.4. The van der Waals surface area contributed by atoms with Crippen molar-refractivity contribution in [1.29, 1.82) is 0 Å². The number of hydrogen-bond acceptors (Lipinski definition) is 6. The van der Waals surface area contributed by atoms with E-state index in [1.165, 1.54) is 0 Å². The first-order valence-electron chi connectivity index (χ1n) is 8.13. The van der Waals surface area contributed by atoms with Crippen molar-refractivity contribution in [2.75, 3.05) is 13.2 Å². The lowest BCUT2D eigenvalue weighted by molar-refractivity contribution is -0.0913. The molecule has 7 heteroatoms. The van der Waals surface area contributed by atoms with Gasteiger partial charge in [0.1, 0.15) is 4.83 Å². The molecule has 1 saturated heterocycles. The summed E-state index contributed by atoms with van der Waals surface area (Å²) in [6, 6.07) is 8.13. The quantitative estimate of drug-likeness (QED) is 0.614. The van der Waals surface area contributed by atoms with Crippen LogP contribution in [0.25, 0.3) is 32.5 Å². The van der Waals surface area contributed by atoms with E-state index in [-0.39, 0.29) is 5.92 Å². The molecule has 0 bridgehead atoms. The molecule has 1 atom stereocenters. The first kappa shape index (κ1) is 14.9. The first-order valence-corrected chi connectivity index (χ1v) is 8.95. The third kappa shape index (κ3) is 2.52. The van der Waals surface area contributed by atoms with Gasteiger partial charge in [0.05, 0.1) is 25.0 Å². The van der Waals surface area contributed by atoms with Crippen molar-refractivity contribution in [2.45, 2.75) is 6.10 Å². The molecule has 1 aliphatic heterocycles. The van der Waals surface area contributed by atoms with Crippen LogP contribution < -0.4 is 0 Å². The lowest BCUT2D eigenvalue weighted by Gasteiger charge is -2.29. The number of pyridine rings is 2. The molecule has 0 amide bonds. The fourth-order valence-corrected chi connectivity index (χ4v) is 4.20. The van der Waals surface area contributed by atoms with Crippen LogP contribution in [0.3, 0.4) is 0 Å². The molecule has 0 aromatic carbocycles.